The fraction of sp³-hybridized carbons (Fsp3) is 0.263. The van der Waals surface area contributed by atoms with Crippen molar-refractivity contribution in [3.05, 3.63) is 64.1 Å². The number of aliphatic carboxylic acids is 1. The normalized spacial score (nSPS) is 12.7. The van der Waals surface area contributed by atoms with E-state index in [1.807, 2.05) is 0 Å². The van der Waals surface area contributed by atoms with E-state index in [1.165, 1.54) is 25.1 Å². The number of carbonyl (C=O) groups excluding carboxylic acids is 2. The highest BCUT2D eigenvalue weighted by atomic mass is 79.9. The van der Waals surface area contributed by atoms with Crippen molar-refractivity contribution in [1.29, 1.82) is 0 Å². The van der Waals surface area contributed by atoms with Gasteiger partial charge in [-0.2, -0.15) is 0 Å². The average molecular weight is 452 g/mol. The van der Waals surface area contributed by atoms with E-state index in [1.54, 1.807) is 24.4 Å². The molecular weight excluding hydrogens is 433 g/mol. The molecule has 0 radical (unpaired) electrons. The van der Waals surface area contributed by atoms with Gasteiger partial charge in [-0.1, -0.05) is 24.3 Å². The van der Waals surface area contributed by atoms with Crippen LogP contribution in [0.4, 0.5) is 4.39 Å². The van der Waals surface area contributed by atoms with E-state index in [0.29, 0.717) is 10.2 Å². The van der Waals surface area contributed by atoms with Crippen molar-refractivity contribution in [2.75, 3.05) is 0 Å². The van der Waals surface area contributed by atoms with E-state index < -0.39 is 35.7 Å². The molecule has 0 bridgehead atoms. The number of nitrogens with one attached hydrogen (secondary N) is 2. The minimum absolute atomic E-state index is 0.0119. The van der Waals surface area contributed by atoms with E-state index in [4.69, 9.17) is 0 Å². The Labute approximate surface area is 169 Å². The SMILES string of the molecule is CC(=O)N[C@@H](Cc1ccccc1F)C(=O)N[C@H](Cc1cccnc1Br)C(=O)O. The van der Waals surface area contributed by atoms with E-state index >= 15 is 0 Å². The maximum absolute atomic E-state index is 13.9. The molecule has 2 rings (SSSR count). The second-order valence-electron chi connectivity index (χ2n) is 6.11. The molecule has 0 aliphatic carbocycles. The van der Waals surface area contributed by atoms with Gasteiger partial charge in [0.05, 0.1) is 0 Å². The Morgan fingerprint density at radius 2 is 1.71 bits per heavy atom. The zero-order chi connectivity index (χ0) is 20.7. The largest absolute Gasteiger partial charge is 0.480 e. The number of rotatable bonds is 8. The van der Waals surface area contributed by atoms with Crippen LogP contribution in [0.5, 0.6) is 0 Å². The number of amides is 2. The van der Waals surface area contributed by atoms with Crippen molar-refractivity contribution in [3.63, 3.8) is 0 Å². The van der Waals surface area contributed by atoms with Gasteiger partial charge in [-0.15, -0.1) is 0 Å². The number of pyridine rings is 1. The van der Waals surface area contributed by atoms with E-state index in [0.717, 1.165) is 0 Å². The van der Waals surface area contributed by atoms with E-state index in [9.17, 15) is 23.9 Å². The number of hydrogen-bond donors (Lipinski definition) is 3. The number of carboxylic acids is 1. The van der Waals surface area contributed by atoms with Gasteiger partial charge in [-0.25, -0.2) is 14.2 Å². The molecule has 0 aliphatic rings. The van der Waals surface area contributed by atoms with E-state index in [-0.39, 0.29) is 18.4 Å². The third kappa shape index (κ3) is 6.12. The number of aromatic nitrogens is 1. The lowest BCUT2D eigenvalue weighted by molar-refractivity contribution is -0.142. The van der Waals surface area contributed by atoms with Gasteiger partial charge in [0.2, 0.25) is 11.8 Å². The molecule has 2 aromatic rings. The molecular formula is C19H19BrFN3O4. The molecule has 28 heavy (non-hydrogen) atoms. The number of benzene rings is 1. The van der Waals surface area contributed by atoms with Crippen LogP contribution in [0.3, 0.4) is 0 Å². The summed E-state index contributed by atoms with van der Waals surface area (Å²) < 4.78 is 14.4. The van der Waals surface area contributed by atoms with E-state index in [2.05, 4.69) is 31.5 Å². The van der Waals surface area contributed by atoms with Gasteiger partial charge in [0, 0.05) is 26.0 Å². The van der Waals surface area contributed by atoms with Gasteiger partial charge in [-0.3, -0.25) is 9.59 Å². The van der Waals surface area contributed by atoms with Gasteiger partial charge < -0.3 is 15.7 Å². The van der Waals surface area contributed by atoms with Crippen LogP contribution in [0.2, 0.25) is 0 Å². The van der Waals surface area contributed by atoms with Crippen LogP contribution in [0.25, 0.3) is 0 Å². The summed E-state index contributed by atoms with van der Waals surface area (Å²) in [6, 6.07) is 6.85. The molecule has 2 atom stereocenters. The summed E-state index contributed by atoms with van der Waals surface area (Å²) in [5.74, 6) is -2.96. The molecule has 0 fully saturated rings. The molecule has 7 nitrogen and oxygen atoms in total. The summed E-state index contributed by atoms with van der Waals surface area (Å²) in [6.45, 7) is 1.23. The Balaban J connectivity index is 2.17. The van der Waals surface area contributed by atoms with Crippen molar-refractivity contribution in [1.82, 2.24) is 15.6 Å². The van der Waals surface area contributed by atoms with Crippen LogP contribution >= 0.6 is 15.9 Å². The zero-order valence-electron chi connectivity index (χ0n) is 15.0. The van der Waals surface area contributed by atoms with Crippen molar-refractivity contribution in [2.24, 2.45) is 0 Å². The van der Waals surface area contributed by atoms with Crippen molar-refractivity contribution in [3.8, 4) is 0 Å². The standard InChI is InChI=1S/C19H19BrFN3O4/c1-11(25)23-15(9-12-5-2-3-7-14(12)21)18(26)24-16(19(27)28)10-13-6-4-8-22-17(13)20/h2-8,15-16H,9-10H2,1H3,(H,23,25)(H,24,26)(H,27,28)/t15-,16+/m0/s1. The third-order valence-electron chi connectivity index (χ3n) is 3.95. The quantitative estimate of drug-likeness (QED) is 0.530. The first kappa shape index (κ1) is 21.5. The van der Waals surface area contributed by atoms with Crippen LogP contribution in [-0.4, -0.2) is 40.0 Å². The Kier molecular flexibility index (Phi) is 7.62. The predicted molar refractivity (Wildman–Crippen MR) is 103 cm³/mol. The van der Waals surface area contributed by atoms with Gasteiger partial charge >= 0.3 is 5.97 Å². The lowest BCUT2D eigenvalue weighted by atomic mass is 10.0. The molecule has 9 heteroatoms. The molecule has 0 saturated carbocycles. The number of carbonyl (C=O) groups is 3. The number of hydrogen-bond acceptors (Lipinski definition) is 4. The van der Waals surface area contributed by atoms with Crippen LogP contribution in [-0.2, 0) is 27.2 Å². The Morgan fingerprint density at radius 1 is 1.07 bits per heavy atom. The first-order valence-electron chi connectivity index (χ1n) is 8.41. The smallest absolute Gasteiger partial charge is 0.326 e. The lowest BCUT2D eigenvalue weighted by Crippen LogP contribution is -2.52. The third-order valence-corrected chi connectivity index (χ3v) is 4.66. The second-order valence-corrected chi connectivity index (χ2v) is 6.86. The zero-order valence-corrected chi connectivity index (χ0v) is 16.6. The number of carboxylic acid groups (broad SMARTS) is 1. The number of halogens is 2. The van der Waals surface area contributed by atoms with Crippen LogP contribution in [0, 0.1) is 5.82 Å². The van der Waals surface area contributed by atoms with Crippen LogP contribution in [0.15, 0.2) is 47.2 Å². The highest BCUT2D eigenvalue weighted by Gasteiger charge is 2.27. The molecule has 0 aliphatic heterocycles. The molecule has 2 amide bonds. The van der Waals surface area contributed by atoms with Gasteiger partial charge in [0.1, 0.15) is 22.5 Å². The van der Waals surface area contributed by atoms with Gasteiger partial charge in [-0.05, 0) is 39.2 Å². The fourth-order valence-corrected chi connectivity index (χ4v) is 3.01. The summed E-state index contributed by atoms with van der Waals surface area (Å²) in [6.07, 6.45) is 1.42. The Hall–Kier alpha value is -2.81. The fourth-order valence-electron chi connectivity index (χ4n) is 2.60. The summed E-state index contributed by atoms with van der Waals surface area (Å²) in [5.41, 5.74) is 0.832. The summed E-state index contributed by atoms with van der Waals surface area (Å²) in [7, 11) is 0. The van der Waals surface area contributed by atoms with Gasteiger partial charge in [0.25, 0.3) is 0 Å². The van der Waals surface area contributed by atoms with Crippen LogP contribution in [0.1, 0.15) is 18.1 Å². The Bertz CT molecular complexity index is 878. The second kappa shape index (κ2) is 9.93. The van der Waals surface area contributed by atoms with Crippen molar-refractivity contribution in [2.45, 2.75) is 31.8 Å². The average Bonchev–Trinajstić information content (AvgIpc) is 2.63. The monoisotopic (exact) mass is 451 g/mol. The molecule has 0 spiro atoms. The maximum atomic E-state index is 13.9. The molecule has 3 N–H and O–H groups in total. The highest BCUT2D eigenvalue weighted by molar-refractivity contribution is 9.10. The first-order chi connectivity index (χ1) is 13.3. The minimum Gasteiger partial charge on any atom is -0.480 e. The van der Waals surface area contributed by atoms with Crippen molar-refractivity contribution < 1.29 is 23.9 Å². The van der Waals surface area contributed by atoms with Crippen molar-refractivity contribution >= 4 is 33.7 Å². The molecule has 0 unspecified atom stereocenters. The maximum Gasteiger partial charge on any atom is 0.326 e. The van der Waals surface area contributed by atoms with Crippen LogP contribution < -0.4 is 10.6 Å². The predicted octanol–water partition coefficient (Wildman–Crippen LogP) is 1.84. The molecule has 0 saturated heterocycles. The highest BCUT2D eigenvalue weighted by Crippen LogP contribution is 2.15. The Morgan fingerprint density at radius 3 is 2.32 bits per heavy atom. The topological polar surface area (TPSA) is 108 Å². The summed E-state index contributed by atoms with van der Waals surface area (Å²) in [4.78, 5) is 39.8. The number of nitrogens with zero attached hydrogens (tertiary/aromatic N) is 1. The molecule has 1 aromatic carbocycles. The lowest BCUT2D eigenvalue weighted by Gasteiger charge is -2.21. The minimum atomic E-state index is -1.25. The molecule has 1 heterocycles. The molecule has 1 aromatic heterocycles. The first-order valence-corrected chi connectivity index (χ1v) is 9.20. The van der Waals surface area contributed by atoms with Gasteiger partial charge in [0.15, 0.2) is 0 Å². The molecule has 148 valence electrons. The summed E-state index contributed by atoms with van der Waals surface area (Å²) >= 11 is 3.24. The summed E-state index contributed by atoms with van der Waals surface area (Å²) in [5, 5.41) is 14.3.